The summed E-state index contributed by atoms with van der Waals surface area (Å²) in [5.41, 5.74) is 3.05. The van der Waals surface area contributed by atoms with Gasteiger partial charge in [-0.2, -0.15) is 0 Å². The molecule has 0 unspecified atom stereocenters. The van der Waals surface area contributed by atoms with Crippen molar-refractivity contribution in [3.63, 3.8) is 0 Å². The van der Waals surface area contributed by atoms with E-state index in [1.54, 1.807) is 0 Å². The maximum absolute atomic E-state index is 11.9. The molecule has 0 saturated carbocycles. The summed E-state index contributed by atoms with van der Waals surface area (Å²) in [6.45, 7) is 4.33. The van der Waals surface area contributed by atoms with Gasteiger partial charge >= 0.3 is 0 Å². The Labute approximate surface area is 126 Å². The van der Waals surface area contributed by atoms with E-state index in [1.807, 2.05) is 19.1 Å². The molecule has 1 aliphatic rings. The zero-order valence-electron chi connectivity index (χ0n) is 11.3. The van der Waals surface area contributed by atoms with Crippen LogP contribution in [-0.2, 0) is 19.5 Å². The number of hydrogen-bond acceptors (Lipinski definition) is 3. The first-order valence-electron chi connectivity index (χ1n) is 6.68. The molecule has 0 fully saturated rings. The Hall–Kier alpha value is -1.46. The molecule has 0 bridgehead atoms. The lowest BCUT2D eigenvalue weighted by atomic mass is 10.1. The average Bonchev–Trinajstić information content (AvgIpc) is 2.41. The molecule has 5 heteroatoms. The molecule has 2 heterocycles. The second-order valence-electron chi connectivity index (χ2n) is 5.13. The number of rotatable bonds is 2. The number of nitrogens with one attached hydrogen (secondary N) is 1. The Morgan fingerprint density at radius 1 is 1.40 bits per heavy atom. The Morgan fingerprint density at radius 3 is 3.00 bits per heavy atom. The van der Waals surface area contributed by atoms with Gasteiger partial charge in [0.05, 0.1) is 5.69 Å². The molecule has 104 valence electrons. The second kappa shape index (κ2) is 5.50. The Kier molecular flexibility index (Phi) is 3.72. The summed E-state index contributed by atoms with van der Waals surface area (Å²) in [6, 6.07) is 8.24. The Morgan fingerprint density at radius 2 is 2.20 bits per heavy atom. The van der Waals surface area contributed by atoms with E-state index in [9.17, 15) is 4.79 Å². The standard InChI is InChI=1S/C15H16BrN3O/c1-10-17-14-9-19(7-6-12(14)15(20)18-10)8-11-4-2-3-5-13(11)16/h2-5H,6-9H2,1H3,(H,17,18,20). The summed E-state index contributed by atoms with van der Waals surface area (Å²) in [5.74, 6) is 0.691. The third kappa shape index (κ3) is 2.69. The Balaban J connectivity index is 1.82. The lowest BCUT2D eigenvalue weighted by molar-refractivity contribution is 0.239. The third-order valence-corrected chi connectivity index (χ3v) is 4.40. The molecule has 2 aromatic rings. The second-order valence-corrected chi connectivity index (χ2v) is 5.98. The van der Waals surface area contributed by atoms with Crippen LogP contribution >= 0.6 is 15.9 Å². The van der Waals surface area contributed by atoms with Gasteiger partial charge in [0.15, 0.2) is 0 Å². The number of nitrogens with zero attached hydrogens (tertiary/aromatic N) is 2. The predicted octanol–water partition coefficient (Wildman–Crippen LogP) is 2.40. The lowest BCUT2D eigenvalue weighted by Gasteiger charge is -2.27. The minimum absolute atomic E-state index is 0.0213. The largest absolute Gasteiger partial charge is 0.311 e. The van der Waals surface area contributed by atoms with Gasteiger partial charge in [0.1, 0.15) is 5.82 Å². The van der Waals surface area contributed by atoms with Gasteiger partial charge in [-0.1, -0.05) is 34.1 Å². The van der Waals surface area contributed by atoms with Crippen LogP contribution in [0.3, 0.4) is 0 Å². The summed E-state index contributed by atoms with van der Waals surface area (Å²) in [6.07, 6.45) is 0.766. The molecular formula is C15H16BrN3O. The molecule has 4 nitrogen and oxygen atoms in total. The molecule has 1 aromatic carbocycles. The van der Waals surface area contributed by atoms with Crippen molar-refractivity contribution >= 4 is 15.9 Å². The van der Waals surface area contributed by atoms with Crippen LogP contribution in [0.15, 0.2) is 33.5 Å². The van der Waals surface area contributed by atoms with E-state index in [-0.39, 0.29) is 5.56 Å². The van der Waals surface area contributed by atoms with Crippen LogP contribution in [-0.4, -0.2) is 21.4 Å². The van der Waals surface area contributed by atoms with E-state index in [1.165, 1.54) is 5.56 Å². The van der Waals surface area contributed by atoms with Crippen molar-refractivity contribution in [1.29, 1.82) is 0 Å². The Bertz CT molecular complexity index is 696. The smallest absolute Gasteiger partial charge is 0.254 e. The molecule has 0 radical (unpaired) electrons. The molecule has 0 saturated heterocycles. The number of halogens is 1. The van der Waals surface area contributed by atoms with Crippen molar-refractivity contribution < 1.29 is 0 Å². The first-order valence-corrected chi connectivity index (χ1v) is 7.47. The summed E-state index contributed by atoms with van der Waals surface area (Å²) >= 11 is 3.58. The molecule has 3 rings (SSSR count). The fourth-order valence-corrected chi connectivity index (χ4v) is 3.03. The van der Waals surface area contributed by atoms with Crippen molar-refractivity contribution in [3.05, 3.63) is 61.7 Å². The summed E-state index contributed by atoms with van der Waals surface area (Å²) in [5, 5.41) is 0. The van der Waals surface area contributed by atoms with Gasteiger partial charge < -0.3 is 4.98 Å². The van der Waals surface area contributed by atoms with Crippen molar-refractivity contribution in [1.82, 2.24) is 14.9 Å². The maximum Gasteiger partial charge on any atom is 0.254 e. The van der Waals surface area contributed by atoms with E-state index in [2.05, 4.69) is 42.9 Å². The highest BCUT2D eigenvalue weighted by molar-refractivity contribution is 9.10. The van der Waals surface area contributed by atoms with E-state index in [0.717, 1.165) is 41.8 Å². The van der Waals surface area contributed by atoms with Gasteiger partial charge in [0.25, 0.3) is 5.56 Å². The molecular weight excluding hydrogens is 318 g/mol. The van der Waals surface area contributed by atoms with Crippen LogP contribution in [0.25, 0.3) is 0 Å². The number of hydrogen-bond donors (Lipinski definition) is 1. The van der Waals surface area contributed by atoms with Crippen LogP contribution in [0.5, 0.6) is 0 Å². The number of aromatic nitrogens is 2. The highest BCUT2D eigenvalue weighted by Gasteiger charge is 2.20. The molecule has 1 N–H and O–H groups in total. The zero-order valence-corrected chi connectivity index (χ0v) is 12.9. The van der Waals surface area contributed by atoms with Crippen molar-refractivity contribution in [3.8, 4) is 0 Å². The molecule has 0 atom stereocenters. The van der Waals surface area contributed by atoms with E-state index in [0.29, 0.717) is 5.82 Å². The summed E-state index contributed by atoms with van der Waals surface area (Å²) in [7, 11) is 0. The van der Waals surface area contributed by atoms with Gasteiger partial charge in [-0.15, -0.1) is 0 Å². The van der Waals surface area contributed by atoms with Crippen molar-refractivity contribution in [2.24, 2.45) is 0 Å². The van der Waals surface area contributed by atoms with Crippen LogP contribution in [0.2, 0.25) is 0 Å². The normalized spacial score (nSPS) is 15.1. The SMILES string of the molecule is Cc1nc2c(c(=O)[nH]1)CCN(Cc1ccccc1Br)C2. The number of aromatic amines is 1. The van der Waals surface area contributed by atoms with Gasteiger partial charge in [-0.05, 0) is 25.0 Å². The fourth-order valence-electron chi connectivity index (χ4n) is 2.62. The first-order chi connectivity index (χ1) is 9.63. The van der Waals surface area contributed by atoms with Crippen LogP contribution < -0.4 is 5.56 Å². The molecule has 20 heavy (non-hydrogen) atoms. The summed E-state index contributed by atoms with van der Waals surface area (Å²) in [4.78, 5) is 21.5. The first kappa shape index (κ1) is 13.5. The molecule has 1 aromatic heterocycles. The van der Waals surface area contributed by atoms with Gasteiger partial charge in [0, 0.05) is 29.7 Å². The number of fused-ring (bicyclic) bond motifs is 1. The third-order valence-electron chi connectivity index (χ3n) is 3.62. The van der Waals surface area contributed by atoms with Crippen LogP contribution in [0.1, 0.15) is 22.6 Å². The van der Waals surface area contributed by atoms with Crippen LogP contribution in [0, 0.1) is 6.92 Å². The molecule has 1 aliphatic heterocycles. The molecule has 0 spiro atoms. The summed E-state index contributed by atoms with van der Waals surface area (Å²) < 4.78 is 1.13. The van der Waals surface area contributed by atoms with Gasteiger partial charge in [0.2, 0.25) is 0 Å². The number of H-pyrrole nitrogens is 1. The highest BCUT2D eigenvalue weighted by atomic mass is 79.9. The number of benzene rings is 1. The minimum atomic E-state index is 0.0213. The lowest BCUT2D eigenvalue weighted by Crippen LogP contribution is -2.35. The number of aryl methyl sites for hydroxylation is 1. The molecule has 0 amide bonds. The van der Waals surface area contributed by atoms with Crippen molar-refractivity contribution in [2.75, 3.05) is 6.54 Å². The quantitative estimate of drug-likeness (QED) is 0.918. The highest BCUT2D eigenvalue weighted by Crippen LogP contribution is 2.21. The topological polar surface area (TPSA) is 49.0 Å². The van der Waals surface area contributed by atoms with Crippen LogP contribution in [0.4, 0.5) is 0 Å². The van der Waals surface area contributed by atoms with E-state index in [4.69, 9.17) is 0 Å². The van der Waals surface area contributed by atoms with Crippen molar-refractivity contribution in [2.45, 2.75) is 26.4 Å². The monoisotopic (exact) mass is 333 g/mol. The van der Waals surface area contributed by atoms with E-state index < -0.39 is 0 Å². The van der Waals surface area contributed by atoms with Gasteiger partial charge in [-0.3, -0.25) is 9.69 Å². The molecule has 0 aliphatic carbocycles. The average molecular weight is 334 g/mol. The predicted molar refractivity (Wildman–Crippen MR) is 81.6 cm³/mol. The minimum Gasteiger partial charge on any atom is -0.311 e. The van der Waals surface area contributed by atoms with E-state index >= 15 is 0 Å². The zero-order chi connectivity index (χ0) is 14.1. The maximum atomic E-state index is 11.9. The fraction of sp³-hybridized carbons (Fsp3) is 0.333. The van der Waals surface area contributed by atoms with Gasteiger partial charge in [-0.25, -0.2) is 4.98 Å².